The van der Waals surface area contributed by atoms with E-state index >= 15 is 0 Å². The smallest absolute Gasteiger partial charge is 0.435 e. The second-order valence-corrected chi connectivity index (χ2v) is 6.94. The summed E-state index contributed by atoms with van der Waals surface area (Å²) in [5.41, 5.74) is 0. The van der Waals surface area contributed by atoms with Crippen LogP contribution in [0.3, 0.4) is 0 Å². The molecule has 0 aromatic heterocycles. The van der Waals surface area contributed by atoms with Crippen LogP contribution in [0.2, 0.25) is 0 Å². The molecule has 0 aliphatic carbocycles. The summed E-state index contributed by atoms with van der Waals surface area (Å²) in [5.74, 6) is -0.542. The van der Waals surface area contributed by atoms with Gasteiger partial charge in [0.05, 0.1) is 12.7 Å². The first-order chi connectivity index (χ1) is 12.5. The summed E-state index contributed by atoms with van der Waals surface area (Å²) < 4.78 is 20.0. The zero-order chi connectivity index (χ0) is 18.9. The highest BCUT2D eigenvalue weighted by Crippen LogP contribution is 2.21. The van der Waals surface area contributed by atoms with E-state index in [0.717, 1.165) is 25.9 Å². The minimum absolute atomic E-state index is 0.0753. The molecule has 0 bridgehead atoms. The van der Waals surface area contributed by atoms with E-state index in [1.165, 1.54) is 32.9 Å². The number of nitrogens with zero attached hydrogens (tertiary/aromatic N) is 2. The van der Waals surface area contributed by atoms with Crippen LogP contribution in [0.4, 0.5) is 4.79 Å². The molecule has 0 spiro atoms. The predicted molar refractivity (Wildman–Crippen MR) is 94.7 cm³/mol. The van der Waals surface area contributed by atoms with Gasteiger partial charge in [0.15, 0.2) is 0 Å². The van der Waals surface area contributed by atoms with Crippen LogP contribution in [0.5, 0.6) is 0 Å². The Balaban J connectivity index is 1.59. The molecule has 2 aliphatic rings. The molecule has 1 atom stereocenters. The second-order valence-electron chi connectivity index (χ2n) is 6.94. The number of hydrogen-bond acceptors (Lipinski definition) is 8. The molecule has 2 rings (SSSR count). The van der Waals surface area contributed by atoms with E-state index in [1.807, 2.05) is 0 Å². The van der Waals surface area contributed by atoms with Crippen molar-refractivity contribution in [1.82, 2.24) is 9.80 Å². The van der Waals surface area contributed by atoms with Crippen LogP contribution in [-0.2, 0) is 23.7 Å². The van der Waals surface area contributed by atoms with Crippen molar-refractivity contribution in [3.63, 3.8) is 0 Å². The molecule has 0 amide bonds. The number of esters is 1. The first-order valence-corrected chi connectivity index (χ1v) is 9.55. The van der Waals surface area contributed by atoms with E-state index in [9.17, 15) is 9.59 Å². The van der Waals surface area contributed by atoms with Crippen LogP contribution >= 0.6 is 0 Å². The van der Waals surface area contributed by atoms with E-state index in [-0.39, 0.29) is 19.3 Å². The number of rotatable bonds is 7. The first-order valence-electron chi connectivity index (χ1n) is 9.55. The Morgan fingerprint density at radius 1 is 1.04 bits per heavy atom. The van der Waals surface area contributed by atoms with Crippen molar-refractivity contribution in [2.45, 2.75) is 58.0 Å². The normalized spacial score (nSPS) is 22.0. The topological polar surface area (TPSA) is 77.5 Å². The van der Waals surface area contributed by atoms with Gasteiger partial charge in [-0.25, -0.2) is 9.59 Å². The summed E-state index contributed by atoms with van der Waals surface area (Å²) in [6, 6.07) is 0.679. The van der Waals surface area contributed by atoms with Gasteiger partial charge in [0.1, 0.15) is 6.61 Å². The van der Waals surface area contributed by atoms with E-state index < -0.39 is 18.4 Å². The third-order valence-electron chi connectivity index (χ3n) is 4.94. The van der Waals surface area contributed by atoms with Gasteiger partial charge >= 0.3 is 12.1 Å². The van der Waals surface area contributed by atoms with Gasteiger partial charge in [-0.05, 0) is 52.7 Å². The first kappa shape index (κ1) is 20.9. The molecule has 2 fully saturated rings. The van der Waals surface area contributed by atoms with Gasteiger partial charge in [0.2, 0.25) is 6.29 Å². The molecule has 1 unspecified atom stereocenters. The Morgan fingerprint density at radius 2 is 1.69 bits per heavy atom. The van der Waals surface area contributed by atoms with Crippen molar-refractivity contribution in [3.8, 4) is 0 Å². The SMILES string of the molecule is CCOC(=O)OC(C)OC(=O)COC1CCN(C2CCN(C)CC2)CC1. The summed E-state index contributed by atoms with van der Waals surface area (Å²) >= 11 is 0. The number of piperidine rings is 2. The molecule has 150 valence electrons. The predicted octanol–water partition coefficient (Wildman–Crippen LogP) is 1.62. The molecule has 26 heavy (non-hydrogen) atoms. The molecule has 0 aromatic carbocycles. The van der Waals surface area contributed by atoms with Crippen molar-refractivity contribution in [3.05, 3.63) is 0 Å². The van der Waals surface area contributed by atoms with E-state index in [1.54, 1.807) is 6.92 Å². The number of carbonyl (C=O) groups excluding carboxylic acids is 2. The summed E-state index contributed by atoms with van der Waals surface area (Å²) in [6.45, 7) is 7.57. The maximum atomic E-state index is 11.8. The van der Waals surface area contributed by atoms with Gasteiger partial charge < -0.3 is 28.7 Å². The standard InChI is InChI=1S/C18H32N2O6/c1-4-23-18(22)26-14(2)25-17(21)13-24-16-7-11-20(12-8-16)15-5-9-19(3)10-6-15/h14-16H,4-13H2,1-3H3. The number of hydrogen-bond donors (Lipinski definition) is 0. The lowest BCUT2D eigenvalue weighted by atomic mass is 9.99. The third-order valence-corrected chi connectivity index (χ3v) is 4.94. The van der Waals surface area contributed by atoms with Crippen LogP contribution < -0.4 is 0 Å². The number of ether oxygens (including phenoxy) is 4. The fraction of sp³-hybridized carbons (Fsp3) is 0.889. The lowest BCUT2D eigenvalue weighted by Crippen LogP contribution is -2.48. The highest BCUT2D eigenvalue weighted by Gasteiger charge is 2.28. The molecule has 8 heteroatoms. The zero-order valence-corrected chi connectivity index (χ0v) is 16.1. The molecule has 0 N–H and O–H groups in total. The molecule has 0 radical (unpaired) electrons. The summed E-state index contributed by atoms with van der Waals surface area (Å²) in [7, 11) is 2.17. The molecule has 2 saturated heterocycles. The Morgan fingerprint density at radius 3 is 2.31 bits per heavy atom. The van der Waals surface area contributed by atoms with Gasteiger partial charge in [0, 0.05) is 26.1 Å². The van der Waals surface area contributed by atoms with Crippen LogP contribution in [0.15, 0.2) is 0 Å². The van der Waals surface area contributed by atoms with Crippen molar-refractivity contribution < 1.29 is 28.5 Å². The van der Waals surface area contributed by atoms with Crippen molar-refractivity contribution in [2.24, 2.45) is 0 Å². The summed E-state index contributed by atoms with van der Waals surface area (Å²) in [6.07, 6.45) is 2.54. The highest BCUT2D eigenvalue weighted by molar-refractivity contribution is 5.71. The van der Waals surface area contributed by atoms with Crippen molar-refractivity contribution in [1.29, 1.82) is 0 Å². The fourth-order valence-electron chi connectivity index (χ4n) is 3.48. The molecule has 2 aliphatic heterocycles. The average molecular weight is 372 g/mol. The molecular weight excluding hydrogens is 340 g/mol. The van der Waals surface area contributed by atoms with E-state index in [4.69, 9.17) is 14.2 Å². The van der Waals surface area contributed by atoms with Gasteiger partial charge in [0.25, 0.3) is 0 Å². The Kier molecular flexibility index (Phi) is 8.61. The van der Waals surface area contributed by atoms with Gasteiger partial charge in [-0.1, -0.05) is 0 Å². The fourth-order valence-corrected chi connectivity index (χ4v) is 3.48. The van der Waals surface area contributed by atoms with Gasteiger partial charge in [-0.2, -0.15) is 0 Å². The van der Waals surface area contributed by atoms with Crippen LogP contribution in [0.25, 0.3) is 0 Å². The van der Waals surface area contributed by atoms with Crippen LogP contribution in [0, 0.1) is 0 Å². The van der Waals surface area contributed by atoms with Crippen molar-refractivity contribution >= 4 is 12.1 Å². The summed E-state index contributed by atoms with van der Waals surface area (Å²) in [4.78, 5) is 27.9. The maximum absolute atomic E-state index is 11.8. The molecule has 2 heterocycles. The van der Waals surface area contributed by atoms with Crippen LogP contribution in [0.1, 0.15) is 39.5 Å². The maximum Gasteiger partial charge on any atom is 0.511 e. The largest absolute Gasteiger partial charge is 0.511 e. The zero-order valence-electron chi connectivity index (χ0n) is 16.1. The monoisotopic (exact) mass is 372 g/mol. The van der Waals surface area contributed by atoms with E-state index in [2.05, 4.69) is 21.6 Å². The number of likely N-dealkylation sites (tertiary alicyclic amines) is 2. The highest BCUT2D eigenvalue weighted by atomic mass is 16.8. The lowest BCUT2D eigenvalue weighted by molar-refractivity contribution is -0.175. The summed E-state index contributed by atoms with van der Waals surface area (Å²) in [5, 5.41) is 0. The minimum atomic E-state index is -0.989. The second kappa shape index (κ2) is 10.7. The van der Waals surface area contributed by atoms with Gasteiger partial charge in [-0.3, -0.25) is 0 Å². The Hall–Kier alpha value is -1.38. The third kappa shape index (κ3) is 7.09. The van der Waals surface area contributed by atoms with Gasteiger partial charge in [-0.15, -0.1) is 0 Å². The molecule has 0 aromatic rings. The molecular formula is C18H32N2O6. The van der Waals surface area contributed by atoms with Crippen molar-refractivity contribution in [2.75, 3.05) is 46.4 Å². The molecule has 8 nitrogen and oxygen atoms in total. The quantitative estimate of drug-likeness (QED) is 0.493. The molecule has 0 saturated carbocycles. The number of carbonyl (C=O) groups is 2. The lowest BCUT2D eigenvalue weighted by Gasteiger charge is -2.40. The Bertz CT molecular complexity index is 445. The minimum Gasteiger partial charge on any atom is -0.435 e. The Labute approximate surface area is 155 Å². The average Bonchev–Trinajstić information content (AvgIpc) is 2.61. The van der Waals surface area contributed by atoms with Crippen LogP contribution in [-0.4, -0.2) is 86.8 Å². The van der Waals surface area contributed by atoms with E-state index in [0.29, 0.717) is 6.04 Å².